The Morgan fingerprint density at radius 1 is 1.50 bits per heavy atom. The molecule has 14 heavy (non-hydrogen) atoms. The van der Waals surface area contributed by atoms with E-state index in [9.17, 15) is 14.7 Å². The van der Waals surface area contributed by atoms with Gasteiger partial charge in [-0.1, -0.05) is 20.3 Å². The van der Waals surface area contributed by atoms with E-state index in [1.165, 1.54) is 6.08 Å². The van der Waals surface area contributed by atoms with E-state index >= 15 is 0 Å². The van der Waals surface area contributed by atoms with Gasteiger partial charge in [0.25, 0.3) is 11.8 Å². The molecule has 2 atom stereocenters. The monoisotopic (exact) mass is 197 g/mol. The Balaban J connectivity index is 2.69. The highest BCUT2D eigenvalue weighted by molar-refractivity contribution is 6.16. The summed E-state index contributed by atoms with van der Waals surface area (Å²) in [7, 11) is 0. The Labute approximate surface area is 83.0 Å². The third kappa shape index (κ3) is 2.20. The highest BCUT2D eigenvalue weighted by Gasteiger charge is 2.29. The number of aliphatic hydroxyl groups is 1. The van der Waals surface area contributed by atoms with Crippen LogP contribution in [0.25, 0.3) is 0 Å². The highest BCUT2D eigenvalue weighted by atomic mass is 16.3. The van der Waals surface area contributed by atoms with Gasteiger partial charge in [-0.3, -0.25) is 14.9 Å². The normalized spacial score (nSPS) is 20.4. The second-order valence-corrected chi connectivity index (χ2v) is 3.63. The van der Waals surface area contributed by atoms with Crippen molar-refractivity contribution in [1.29, 1.82) is 0 Å². The van der Waals surface area contributed by atoms with Gasteiger partial charge in [0.15, 0.2) is 0 Å². The second-order valence-electron chi connectivity index (χ2n) is 3.63. The average molecular weight is 197 g/mol. The summed E-state index contributed by atoms with van der Waals surface area (Å²) in [5, 5.41) is 11.9. The van der Waals surface area contributed by atoms with Crippen LogP contribution in [0, 0.1) is 5.92 Å². The maximum absolute atomic E-state index is 11.2. The molecule has 1 heterocycles. The SMILES string of the molecule is CCCC(C)C(O)C1=CC(=O)NC1=O. The number of hydrogen-bond donors (Lipinski definition) is 2. The Morgan fingerprint density at radius 3 is 2.57 bits per heavy atom. The van der Waals surface area contributed by atoms with E-state index in [4.69, 9.17) is 0 Å². The number of carbonyl (C=O) groups excluding carboxylic acids is 2. The van der Waals surface area contributed by atoms with Gasteiger partial charge in [0.05, 0.1) is 11.7 Å². The molecule has 0 aliphatic carbocycles. The van der Waals surface area contributed by atoms with Crippen LogP contribution in [0.15, 0.2) is 11.6 Å². The standard InChI is InChI=1S/C10H15NO3/c1-3-4-6(2)9(13)7-5-8(12)11-10(7)14/h5-6,9,13H,3-4H2,1-2H3,(H,11,12,14). The van der Waals surface area contributed by atoms with Crippen LogP contribution in [-0.2, 0) is 9.59 Å². The molecule has 1 aliphatic rings. The predicted octanol–water partition coefficient (Wildman–Crippen LogP) is 0.366. The second kappa shape index (κ2) is 4.37. The number of aliphatic hydroxyl groups excluding tert-OH is 1. The summed E-state index contributed by atoms with van der Waals surface area (Å²) in [4.78, 5) is 22.0. The molecule has 0 saturated heterocycles. The lowest BCUT2D eigenvalue weighted by Crippen LogP contribution is -2.29. The molecule has 0 fully saturated rings. The fourth-order valence-electron chi connectivity index (χ4n) is 1.57. The summed E-state index contributed by atoms with van der Waals surface area (Å²) < 4.78 is 0. The minimum atomic E-state index is -0.832. The largest absolute Gasteiger partial charge is 0.388 e. The van der Waals surface area contributed by atoms with Crippen molar-refractivity contribution in [3.63, 3.8) is 0 Å². The molecule has 1 aliphatic heterocycles. The van der Waals surface area contributed by atoms with E-state index in [1.807, 2.05) is 13.8 Å². The van der Waals surface area contributed by atoms with E-state index < -0.39 is 17.9 Å². The van der Waals surface area contributed by atoms with Gasteiger partial charge in [-0.15, -0.1) is 0 Å². The third-order valence-corrected chi connectivity index (χ3v) is 2.39. The Bertz CT molecular complexity index is 283. The molecule has 0 radical (unpaired) electrons. The first-order valence-corrected chi connectivity index (χ1v) is 4.81. The molecule has 2 amide bonds. The van der Waals surface area contributed by atoms with Crippen molar-refractivity contribution in [1.82, 2.24) is 5.32 Å². The lowest BCUT2D eigenvalue weighted by molar-refractivity contribution is -0.124. The Kier molecular flexibility index (Phi) is 3.41. The van der Waals surface area contributed by atoms with E-state index in [0.29, 0.717) is 0 Å². The number of nitrogens with one attached hydrogen (secondary N) is 1. The van der Waals surface area contributed by atoms with E-state index in [-0.39, 0.29) is 11.5 Å². The first-order chi connectivity index (χ1) is 6.56. The third-order valence-electron chi connectivity index (χ3n) is 2.39. The smallest absolute Gasteiger partial charge is 0.256 e. The first kappa shape index (κ1) is 10.9. The molecule has 1 rings (SSSR count). The van der Waals surface area contributed by atoms with Crippen LogP contribution in [0.4, 0.5) is 0 Å². The average Bonchev–Trinajstić information content (AvgIpc) is 2.44. The van der Waals surface area contributed by atoms with Gasteiger partial charge in [0.2, 0.25) is 0 Å². The number of amides is 2. The van der Waals surface area contributed by atoms with E-state index in [0.717, 1.165) is 12.8 Å². The van der Waals surface area contributed by atoms with Gasteiger partial charge in [0, 0.05) is 6.08 Å². The zero-order valence-electron chi connectivity index (χ0n) is 8.41. The first-order valence-electron chi connectivity index (χ1n) is 4.81. The summed E-state index contributed by atoms with van der Waals surface area (Å²) >= 11 is 0. The molecule has 78 valence electrons. The molecule has 2 unspecified atom stereocenters. The van der Waals surface area contributed by atoms with Crippen molar-refractivity contribution < 1.29 is 14.7 Å². The molecule has 0 saturated carbocycles. The summed E-state index contributed by atoms with van der Waals surface area (Å²) in [6.07, 6.45) is 2.13. The molecule has 2 N–H and O–H groups in total. The van der Waals surface area contributed by atoms with Crippen LogP contribution in [-0.4, -0.2) is 23.0 Å². The van der Waals surface area contributed by atoms with Crippen LogP contribution >= 0.6 is 0 Å². The van der Waals surface area contributed by atoms with Crippen molar-refractivity contribution in [2.75, 3.05) is 0 Å². The number of carbonyl (C=O) groups is 2. The minimum absolute atomic E-state index is 0.00269. The summed E-state index contributed by atoms with van der Waals surface area (Å²) in [6, 6.07) is 0. The maximum Gasteiger partial charge on any atom is 0.256 e. The molecule has 4 heteroatoms. The molecular weight excluding hydrogens is 182 g/mol. The van der Waals surface area contributed by atoms with Crippen molar-refractivity contribution >= 4 is 11.8 Å². The number of hydrogen-bond acceptors (Lipinski definition) is 3. The highest BCUT2D eigenvalue weighted by Crippen LogP contribution is 2.19. The molecular formula is C10H15NO3. The van der Waals surface area contributed by atoms with E-state index in [2.05, 4.69) is 5.32 Å². The molecule has 4 nitrogen and oxygen atoms in total. The quantitative estimate of drug-likeness (QED) is 0.640. The fraction of sp³-hybridized carbons (Fsp3) is 0.600. The van der Waals surface area contributed by atoms with Crippen molar-refractivity contribution in [2.45, 2.75) is 32.8 Å². The maximum atomic E-state index is 11.2. The fourth-order valence-corrected chi connectivity index (χ4v) is 1.57. The number of imide groups is 1. The van der Waals surface area contributed by atoms with Crippen LogP contribution in [0.5, 0.6) is 0 Å². The van der Waals surface area contributed by atoms with Gasteiger partial charge in [-0.25, -0.2) is 0 Å². The van der Waals surface area contributed by atoms with Gasteiger partial charge >= 0.3 is 0 Å². The Hall–Kier alpha value is -1.16. The predicted molar refractivity (Wildman–Crippen MR) is 51.3 cm³/mol. The van der Waals surface area contributed by atoms with Crippen molar-refractivity contribution in [2.24, 2.45) is 5.92 Å². The number of rotatable bonds is 4. The van der Waals surface area contributed by atoms with E-state index in [1.54, 1.807) is 0 Å². The summed E-state index contributed by atoms with van der Waals surface area (Å²) in [5.41, 5.74) is 0.191. The molecule has 0 aromatic heterocycles. The van der Waals surface area contributed by atoms with Gasteiger partial charge in [-0.05, 0) is 12.3 Å². The molecule has 0 spiro atoms. The van der Waals surface area contributed by atoms with Crippen LogP contribution in [0.3, 0.4) is 0 Å². The summed E-state index contributed by atoms with van der Waals surface area (Å²) in [6.45, 7) is 3.88. The topological polar surface area (TPSA) is 66.4 Å². The van der Waals surface area contributed by atoms with Gasteiger partial charge < -0.3 is 5.11 Å². The van der Waals surface area contributed by atoms with Gasteiger partial charge in [-0.2, -0.15) is 0 Å². The van der Waals surface area contributed by atoms with Crippen molar-refractivity contribution in [3.05, 3.63) is 11.6 Å². The molecule has 0 aromatic carbocycles. The minimum Gasteiger partial charge on any atom is -0.388 e. The Morgan fingerprint density at radius 2 is 2.14 bits per heavy atom. The lowest BCUT2D eigenvalue weighted by atomic mass is 9.93. The zero-order valence-corrected chi connectivity index (χ0v) is 8.41. The molecule has 0 aromatic rings. The van der Waals surface area contributed by atoms with Crippen LogP contribution in [0.1, 0.15) is 26.7 Å². The van der Waals surface area contributed by atoms with Crippen LogP contribution < -0.4 is 5.32 Å². The van der Waals surface area contributed by atoms with Crippen molar-refractivity contribution in [3.8, 4) is 0 Å². The van der Waals surface area contributed by atoms with Gasteiger partial charge in [0.1, 0.15) is 0 Å². The van der Waals surface area contributed by atoms with Crippen LogP contribution in [0.2, 0.25) is 0 Å². The molecule has 0 bridgehead atoms. The zero-order chi connectivity index (χ0) is 10.7. The summed E-state index contributed by atoms with van der Waals surface area (Å²) in [5.74, 6) is -0.902. The lowest BCUT2D eigenvalue weighted by Gasteiger charge is -2.17.